The van der Waals surface area contributed by atoms with Crippen LogP contribution in [0.4, 0.5) is 27.6 Å². The largest absolute Gasteiger partial charge is 0.389 e. The number of benzene rings is 1. The van der Waals surface area contributed by atoms with Crippen molar-refractivity contribution in [3.05, 3.63) is 28.2 Å². The van der Waals surface area contributed by atoms with Crippen LogP contribution in [0.15, 0.2) is 16.6 Å². The standard InChI is InChI=1S/C10H9BrF5N/c11-7-4-6(12)5-8(13)9(7)17-3-1-2-10(14,15)16/h4-5,17H,1-3H2. The molecule has 17 heavy (non-hydrogen) atoms. The van der Waals surface area contributed by atoms with Gasteiger partial charge in [0.15, 0.2) is 0 Å². The van der Waals surface area contributed by atoms with E-state index in [1.165, 1.54) is 0 Å². The zero-order valence-electron chi connectivity index (χ0n) is 8.54. The summed E-state index contributed by atoms with van der Waals surface area (Å²) in [7, 11) is 0. The summed E-state index contributed by atoms with van der Waals surface area (Å²) in [6, 6.07) is 1.70. The molecule has 1 nitrogen and oxygen atoms in total. The Morgan fingerprint density at radius 2 is 1.82 bits per heavy atom. The Labute approximate surface area is 103 Å². The van der Waals surface area contributed by atoms with Crippen LogP contribution in [0.2, 0.25) is 0 Å². The molecule has 0 unspecified atom stereocenters. The Morgan fingerprint density at radius 3 is 2.35 bits per heavy atom. The molecule has 0 fully saturated rings. The molecule has 96 valence electrons. The summed E-state index contributed by atoms with van der Waals surface area (Å²) in [5, 5.41) is 2.49. The normalized spacial score (nSPS) is 11.6. The van der Waals surface area contributed by atoms with Gasteiger partial charge in [0.25, 0.3) is 0 Å². The molecule has 0 aliphatic heterocycles. The first-order valence-electron chi connectivity index (χ1n) is 4.75. The molecule has 1 aromatic rings. The Bertz CT molecular complexity index is 368. The third kappa shape index (κ3) is 4.89. The molecule has 0 amide bonds. The second-order valence-corrected chi connectivity index (χ2v) is 4.24. The number of rotatable bonds is 4. The van der Waals surface area contributed by atoms with Crippen LogP contribution in [-0.2, 0) is 0 Å². The van der Waals surface area contributed by atoms with E-state index in [4.69, 9.17) is 0 Å². The molecule has 0 radical (unpaired) electrons. The van der Waals surface area contributed by atoms with Crippen LogP contribution in [-0.4, -0.2) is 12.7 Å². The van der Waals surface area contributed by atoms with Crippen LogP contribution in [0.25, 0.3) is 0 Å². The highest BCUT2D eigenvalue weighted by molar-refractivity contribution is 9.10. The van der Waals surface area contributed by atoms with E-state index in [2.05, 4.69) is 21.2 Å². The van der Waals surface area contributed by atoms with Crippen molar-refractivity contribution in [3.8, 4) is 0 Å². The third-order valence-electron chi connectivity index (χ3n) is 1.95. The van der Waals surface area contributed by atoms with Crippen molar-refractivity contribution in [2.45, 2.75) is 19.0 Å². The Balaban J connectivity index is 2.53. The summed E-state index contributed by atoms with van der Waals surface area (Å²) in [4.78, 5) is 0. The van der Waals surface area contributed by atoms with E-state index in [-0.39, 0.29) is 23.1 Å². The van der Waals surface area contributed by atoms with Gasteiger partial charge in [-0.3, -0.25) is 0 Å². The minimum Gasteiger partial charge on any atom is -0.382 e. The molecule has 0 saturated heterocycles. The maximum atomic E-state index is 13.2. The van der Waals surface area contributed by atoms with Gasteiger partial charge in [0.1, 0.15) is 11.6 Å². The molecule has 1 aromatic carbocycles. The molecule has 0 bridgehead atoms. The second-order valence-electron chi connectivity index (χ2n) is 3.39. The smallest absolute Gasteiger partial charge is 0.382 e. The van der Waals surface area contributed by atoms with Crippen molar-refractivity contribution in [1.29, 1.82) is 0 Å². The molecule has 7 heteroatoms. The van der Waals surface area contributed by atoms with Crippen molar-refractivity contribution >= 4 is 21.6 Å². The molecule has 0 atom stereocenters. The zero-order chi connectivity index (χ0) is 13.1. The molecule has 0 saturated carbocycles. The number of anilines is 1. The molecule has 0 aliphatic carbocycles. The van der Waals surface area contributed by atoms with E-state index in [0.717, 1.165) is 6.07 Å². The maximum Gasteiger partial charge on any atom is 0.389 e. The summed E-state index contributed by atoms with van der Waals surface area (Å²) in [5.74, 6) is -1.60. The van der Waals surface area contributed by atoms with E-state index in [1.54, 1.807) is 0 Å². The average Bonchev–Trinajstić information content (AvgIpc) is 2.13. The fraction of sp³-hybridized carbons (Fsp3) is 0.400. The number of alkyl halides is 3. The first kappa shape index (κ1) is 14.2. The predicted octanol–water partition coefficient (Wildman–Crippen LogP) is 4.48. The average molecular weight is 318 g/mol. The summed E-state index contributed by atoms with van der Waals surface area (Å²) >= 11 is 2.92. The Hall–Kier alpha value is -0.850. The predicted molar refractivity (Wildman–Crippen MR) is 57.8 cm³/mol. The van der Waals surface area contributed by atoms with Gasteiger partial charge in [-0.1, -0.05) is 0 Å². The lowest BCUT2D eigenvalue weighted by Crippen LogP contribution is -2.11. The maximum absolute atomic E-state index is 13.2. The lowest BCUT2D eigenvalue weighted by molar-refractivity contribution is -0.134. The Kier molecular flexibility index (Phi) is 4.73. The minimum absolute atomic E-state index is 0.0337. The van der Waals surface area contributed by atoms with Gasteiger partial charge in [0.2, 0.25) is 0 Å². The number of hydrogen-bond donors (Lipinski definition) is 1. The molecule has 0 spiro atoms. The van der Waals surface area contributed by atoms with Crippen LogP contribution < -0.4 is 5.32 Å². The number of nitrogens with one attached hydrogen (secondary N) is 1. The van der Waals surface area contributed by atoms with Gasteiger partial charge in [-0.25, -0.2) is 8.78 Å². The highest BCUT2D eigenvalue weighted by Crippen LogP contribution is 2.27. The van der Waals surface area contributed by atoms with Gasteiger partial charge in [-0.15, -0.1) is 0 Å². The van der Waals surface area contributed by atoms with Gasteiger partial charge in [0, 0.05) is 23.5 Å². The Morgan fingerprint density at radius 1 is 1.18 bits per heavy atom. The van der Waals surface area contributed by atoms with Crippen LogP contribution in [0, 0.1) is 11.6 Å². The van der Waals surface area contributed by atoms with Crippen molar-refractivity contribution in [2.24, 2.45) is 0 Å². The SMILES string of the molecule is Fc1cc(F)c(NCCCC(F)(F)F)c(Br)c1. The van der Waals surface area contributed by atoms with Gasteiger partial charge in [0.05, 0.1) is 5.69 Å². The molecule has 1 N–H and O–H groups in total. The first-order chi connectivity index (χ1) is 7.79. The molecule has 0 aliphatic rings. The van der Waals surface area contributed by atoms with Gasteiger partial charge in [-0.05, 0) is 28.4 Å². The van der Waals surface area contributed by atoms with Crippen molar-refractivity contribution in [3.63, 3.8) is 0 Å². The lowest BCUT2D eigenvalue weighted by Gasteiger charge is -2.10. The summed E-state index contributed by atoms with van der Waals surface area (Å²) in [5.41, 5.74) is -0.0337. The highest BCUT2D eigenvalue weighted by Gasteiger charge is 2.25. The van der Waals surface area contributed by atoms with Crippen LogP contribution in [0.1, 0.15) is 12.8 Å². The number of halogens is 6. The van der Waals surface area contributed by atoms with Gasteiger partial charge >= 0.3 is 6.18 Å². The van der Waals surface area contributed by atoms with Crippen LogP contribution >= 0.6 is 15.9 Å². The van der Waals surface area contributed by atoms with E-state index in [0.29, 0.717) is 6.07 Å². The molecule has 1 rings (SSSR count). The van der Waals surface area contributed by atoms with Crippen LogP contribution in [0.3, 0.4) is 0 Å². The van der Waals surface area contributed by atoms with Gasteiger partial charge < -0.3 is 5.32 Å². The fourth-order valence-electron chi connectivity index (χ4n) is 1.21. The highest BCUT2D eigenvalue weighted by atomic mass is 79.9. The second kappa shape index (κ2) is 5.66. The summed E-state index contributed by atoms with van der Waals surface area (Å²) in [6.07, 6.45) is -5.34. The topological polar surface area (TPSA) is 12.0 Å². The van der Waals surface area contributed by atoms with Crippen LogP contribution in [0.5, 0.6) is 0 Å². The van der Waals surface area contributed by atoms with Crippen molar-refractivity contribution in [1.82, 2.24) is 0 Å². The zero-order valence-corrected chi connectivity index (χ0v) is 10.1. The van der Waals surface area contributed by atoms with Crippen molar-refractivity contribution in [2.75, 3.05) is 11.9 Å². The van der Waals surface area contributed by atoms with E-state index in [1.807, 2.05) is 0 Å². The summed E-state index contributed by atoms with van der Waals surface area (Å²) in [6.45, 7) is -0.0410. The molecular formula is C10H9BrF5N. The lowest BCUT2D eigenvalue weighted by atomic mass is 10.2. The molecular weight excluding hydrogens is 309 g/mol. The fourth-order valence-corrected chi connectivity index (χ4v) is 1.76. The van der Waals surface area contributed by atoms with E-state index < -0.39 is 24.2 Å². The third-order valence-corrected chi connectivity index (χ3v) is 2.57. The minimum atomic E-state index is -4.22. The number of hydrogen-bond acceptors (Lipinski definition) is 1. The van der Waals surface area contributed by atoms with Crippen molar-refractivity contribution < 1.29 is 22.0 Å². The quantitative estimate of drug-likeness (QED) is 0.637. The van der Waals surface area contributed by atoms with E-state index >= 15 is 0 Å². The van der Waals surface area contributed by atoms with E-state index in [9.17, 15) is 22.0 Å². The monoisotopic (exact) mass is 317 g/mol. The van der Waals surface area contributed by atoms with Gasteiger partial charge in [-0.2, -0.15) is 13.2 Å². The first-order valence-corrected chi connectivity index (χ1v) is 5.54. The summed E-state index contributed by atoms with van der Waals surface area (Å²) < 4.78 is 61.6. The molecule has 0 aromatic heterocycles. The molecule has 0 heterocycles.